The summed E-state index contributed by atoms with van der Waals surface area (Å²) in [7, 11) is 4.21. The zero-order valence-corrected chi connectivity index (χ0v) is 31.1. The molecule has 4 aliphatic carbocycles. The van der Waals surface area contributed by atoms with Gasteiger partial charge >= 0.3 is 5.97 Å². The van der Waals surface area contributed by atoms with Gasteiger partial charge in [0.15, 0.2) is 0 Å². The Balaban J connectivity index is 1.44. The first-order valence-corrected chi connectivity index (χ1v) is 18.3. The minimum Gasteiger partial charge on any atom is -0.481 e. The number of allylic oxidation sites excluding steroid dienone is 1. The van der Waals surface area contributed by atoms with E-state index in [4.69, 9.17) is 20.3 Å². The maximum Gasteiger partial charge on any atom is 0.307 e. The Bertz CT molecular complexity index is 1410. The second-order valence-electron chi connectivity index (χ2n) is 18.6. The minimum absolute atomic E-state index is 0.0445. The van der Waals surface area contributed by atoms with Crippen LogP contribution in [0.2, 0.25) is 0 Å². The number of aromatic nitrogens is 3. The van der Waals surface area contributed by atoms with Crippen LogP contribution >= 0.6 is 0 Å². The number of nitrogens with zero attached hydrogens (tertiary/aromatic N) is 4. The van der Waals surface area contributed by atoms with Gasteiger partial charge < -0.3 is 25.2 Å². The van der Waals surface area contributed by atoms with Gasteiger partial charge in [0.25, 0.3) is 0 Å². The molecule has 11 atom stereocenters. The molecule has 0 unspecified atom stereocenters. The van der Waals surface area contributed by atoms with Gasteiger partial charge in [0.05, 0.1) is 37.9 Å². The Hall–Kier alpha value is -1.97. The van der Waals surface area contributed by atoms with E-state index in [9.17, 15) is 9.90 Å². The van der Waals surface area contributed by atoms with Gasteiger partial charge in [0, 0.05) is 16.4 Å². The number of nitrogens with two attached hydrogens (primary N) is 1. The quantitative estimate of drug-likeness (QED) is 0.298. The maximum atomic E-state index is 13.4. The molecule has 1 aliphatic heterocycles. The number of carbonyl (C=O) groups is 1. The molecule has 1 aromatic rings. The van der Waals surface area contributed by atoms with Crippen molar-refractivity contribution in [2.45, 2.75) is 119 Å². The summed E-state index contributed by atoms with van der Waals surface area (Å²) in [5.41, 5.74) is 6.38. The van der Waals surface area contributed by atoms with E-state index in [0.29, 0.717) is 43.5 Å². The van der Waals surface area contributed by atoms with Crippen LogP contribution in [0, 0.1) is 56.7 Å². The summed E-state index contributed by atoms with van der Waals surface area (Å²) in [6, 6.07) is -0.0445. The lowest BCUT2D eigenvalue weighted by Gasteiger charge is -2.71. The van der Waals surface area contributed by atoms with E-state index in [-0.39, 0.29) is 50.7 Å². The Morgan fingerprint density at radius 2 is 1.85 bits per heavy atom. The predicted molar refractivity (Wildman–Crippen MR) is 185 cm³/mol. The monoisotopic (exact) mass is 653 g/mol. The van der Waals surface area contributed by atoms with Crippen molar-refractivity contribution in [2.24, 2.45) is 56.7 Å². The summed E-state index contributed by atoms with van der Waals surface area (Å²) < 4.78 is 15.7. The number of ether oxygens (including phenoxy) is 2. The molecule has 1 saturated heterocycles. The molecule has 9 heteroatoms. The van der Waals surface area contributed by atoms with Crippen molar-refractivity contribution in [3.05, 3.63) is 18.0 Å². The third kappa shape index (κ3) is 4.82. The Kier molecular flexibility index (Phi) is 8.37. The minimum atomic E-state index is -0.618. The fraction of sp³-hybridized carbons (Fsp3) is 0.868. The Morgan fingerprint density at radius 1 is 1.15 bits per heavy atom. The van der Waals surface area contributed by atoms with Crippen molar-refractivity contribution >= 4 is 11.9 Å². The normalized spacial score (nSPS) is 43.9. The topological polar surface area (TPSA) is 116 Å². The highest BCUT2D eigenvalue weighted by Gasteiger charge is 2.72. The molecule has 0 aromatic carbocycles. The molecule has 0 spiro atoms. The molecule has 1 aromatic heterocycles. The number of hydrogen-bond donors (Lipinski definition) is 2. The molecule has 2 heterocycles. The lowest BCUT2D eigenvalue weighted by molar-refractivity contribution is -0.253. The first kappa shape index (κ1) is 34.9. The Morgan fingerprint density at radius 3 is 2.45 bits per heavy atom. The van der Waals surface area contributed by atoms with Gasteiger partial charge in [-0.2, -0.15) is 0 Å². The molecule has 9 nitrogen and oxygen atoms in total. The molecule has 6 rings (SSSR count). The predicted octanol–water partition coefficient (Wildman–Crippen LogP) is 6.72. The number of carboxylic acid groups (broad SMARTS) is 1. The van der Waals surface area contributed by atoms with Crippen LogP contribution in [0.3, 0.4) is 0 Å². The molecule has 3 N–H and O–H groups in total. The first-order chi connectivity index (χ1) is 21.8. The Labute approximate surface area is 283 Å². The van der Waals surface area contributed by atoms with Crippen molar-refractivity contribution in [2.75, 3.05) is 39.6 Å². The van der Waals surface area contributed by atoms with E-state index in [1.807, 2.05) is 4.68 Å². The fourth-order valence-electron chi connectivity index (χ4n) is 12.0. The smallest absolute Gasteiger partial charge is 0.307 e. The second kappa shape index (κ2) is 11.3. The van der Waals surface area contributed by atoms with Gasteiger partial charge in [-0.1, -0.05) is 60.1 Å². The fourth-order valence-corrected chi connectivity index (χ4v) is 12.0. The summed E-state index contributed by atoms with van der Waals surface area (Å²) in [6.45, 7) is 22.6. The number of anilines is 1. The van der Waals surface area contributed by atoms with Gasteiger partial charge in [-0.15, -0.1) is 5.10 Å². The number of likely N-dealkylation sites (N-methyl/N-ethyl adjacent to an activating group) is 1. The highest BCUT2D eigenvalue weighted by Crippen LogP contribution is 2.75. The molecule has 3 saturated carbocycles. The summed E-state index contributed by atoms with van der Waals surface area (Å²) >= 11 is 0. The molecule has 47 heavy (non-hydrogen) atoms. The van der Waals surface area contributed by atoms with Gasteiger partial charge in [-0.3, -0.25) is 4.79 Å². The number of fused-ring (bicyclic) bond motifs is 3. The van der Waals surface area contributed by atoms with Crippen LogP contribution in [-0.2, 0) is 14.3 Å². The largest absolute Gasteiger partial charge is 0.481 e. The molecule has 264 valence electrons. The van der Waals surface area contributed by atoms with Crippen molar-refractivity contribution in [1.82, 2.24) is 19.7 Å². The van der Waals surface area contributed by atoms with Crippen molar-refractivity contribution < 1.29 is 19.4 Å². The summed E-state index contributed by atoms with van der Waals surface area (Å²) in [5, 5.41) is 15.7. The number of hydrogen-bond acceptors (Lipinski definition) is 7. The lowest BCUT2D eigenvalue weighted by Crippen LogP contribution is -2.69. The van der Waals surface area contributed by atoms with Crippen LogP contribution in [0.15, 0.2) is 18.0 Å². The maximum absolute atomic E-state index is 13.4. The zero-order chi connectivity index (χ0) is 34.5. The molecule has 0 radical (unpaired) electrons. The van der Waals surface area contributed by atoms with Crippen LogP contribution < -0.4 is 5.73 Å². The van der Waals surface area contributed by atoms with Gasteiger partial charge in [0.1, 0.15) is 6.33 Å². The van der Waals surface area contributed by atoms with Crippen molar-refractivity contribution in [3.63, 3.8) is 0 Å². The summed E-state index contributed by atoms with van der Waals surface area (Å²) in [5.74, 6) is 0.727. The van der Waals surface area contributed by atoms with E-state index in [1.165, 1.54) is 5.57 Å². The van der Waals surface area contributed by atoms with Gasteiger partial charge in [0.2, 0.25) is 5.95 Å². The summed E-state index contributed by atoms with van der Waals surface area (Å²) in [4.78, 5) is 20.0. The first-order valence-electron chi connectivity index (χ1n) is 18.3. The zero-order valence-electron chi connectivity index (χ0n) is 31.1. The molecular weight excluding hydrogens is 590 g/mol. The van der Waals surface area contributed by atoms with E-state index in [2.05, 4.69) is 92.4 Å². The third-order valence-electron chi connectivity index (χ3n) is 15.8. The average molecular weight is 654 g/mol. The van der Waals surface area contributed by atoms with Crippen molar-refractivity contribution in [3.8, 4) is 0 Å². The van der Waals surface area contributed by atoms with E-state index >= 15 is 0 Å². The molecular formula is C38H63N5O4. The average Bonchev–Trinajstić information content (AvgIpc) is 3.42. The number of nitrogen functional groups attached to an aromatic ring is 1. The van der Waals surface area contributed by atoms with E-state index in [0.717, 1.165) is 38.5 Å². The lowest BCUT2D eigenvalue weighted by atomic mass is 9.34. The molecule has 0 amide bonds. The standard InChI is InChI=1S/C38H63N5O4/c1-23(2)24(3)34(6)16-17-36(8)25-12-13-28-35(7)20-46-21-38(28,26(25)14-15-37(36,9)29(34)31(44)45)18-27(43-22-40-32(39)41-43)30(35)47-19-33(4,5)42(10)11/h14,22-25,27-30H,12-13,15-21H2,1-11H3,(H2,39,41)(H,44,45)/t24-,25+,27-,28+,29-,30+,34-,35-,36-,37+,38+/m1/s1. The van der Waals surface area contributed by atoms with Crippen molar-refractivity contribution in [1.29, 1.82) is 0 Å². The van der Waals surface area contributed by atoms with Crippen LogP contribution in [0.25, 0.3) is 0 Å². The highest BCUT2D eigenvalue weighted by atomic mass is 16.5. The van der Waals surface area contributed by atoms with E-state index < -0.39 is 11.9 Å². The third-order valence-corrected chi connectivity index (χ3v) is 15.8. The molecule has 4 fully saturated rings. The van der Waals surface area contributed by atoms with Gasteiger partial charge in [-0.25, -0.2) is 9.67 Å². The van der Waals surface area contributed by atoms with Gasteiger partial charge in [-0.05, 0) is 106 Å². The molecule has 5 aliphatic rings. The molecule has 2 bridgehead atoms. The highest BCUT2D eigenvalue weighted by molar-refractivity contribution is 5.73. The number of aliphatic carboxylic acids is 1. The van der Waals surface area contributed by atoms with Crippen LogP contribution in [-0.4, -0.2) is 76.3 Å². The second-order valence-corrected chi connectivity index (χ2v) is 18.6. The van der Waals surface area contributed by atoms with E-state index in [1.54, 1.807) is 6.33 Å². The number of carboxylic acids is 1. The number of rotatable bonds is 8. The SMILES string of the molecule is CC(C)[C@@H](C)[C@@]1(C)CC[C@]2(C)[C@H]3CC[C@@H]4[C@@]5(COC[C@@]4(C)[C@@H](OCC(C)(C)N(C)C)[C@H](n4cnc(N)n4)C5)C3=CC[C@@]2(C)[C@@H]1C(=O)O. The van der Waals surface area contributed by atoms with Crippen LogP contribution in [0.5, 0.6) is 0 Å². The summed E-state index contributed by atoms with van der Waals surface area (Å²) in [6.07, 6.45) is 9.99. The van der Waals surface area contributed by atoms with Crippen LogP contribution in [0.4, 0.5) is 5.95 Å². The van der Waals surface area contributed by atoms with Crippen LogP contribution in [0.1, 0.15) is 107 Å².